The lowest BCUT2D eigenvalue weighted by molar-refractivity contribution is 0.311. The Bertz CT molecular complexity index is 101. The van der Waals surface area contributed by atoms with E-state index >= 15 is 0 Å². The highest BCUT2D eigenvalue weighted by Crippen LogP contribution is 2.34. The van der Waals surface area contributed by atoms with Crippen LogP contribution >= 0.6 is 11.8 Å². The molecule has 3 atom stereocenters. The average molecular weight is 158 g/mol. The van der Waals surface area contributed by atoms with Crippen LogP contribution in [0.2, 0.25) is 0 Å². The van der Waals surface area contributed by atoms with Gasteiger partial charge in [-0.1, -0.05) is 13.8 Å². The number of thioether (sulfide) groups is 1. The Labute approximate surface area is 68.8 Å². The van der Waals surface area contributed by atoms with Gasteiger partial charge in [0, 0.05) is 5.25 Å². The molecule has 0 radical (unpaired) electrons. The summed E-state index contributed by atoms with van der Waals surface area (Å²) in [6.07, 6.45) is 6.60. The molecule has 0 aromatic carbocycles. The summed E-state index contributed by atoms with van der Waals surface area (Å²) in [6.45, 7) is 4.78. The fourth-order valence-corrected chi connectivity index (χ4v) is 2.94. The Morgan fingerprint density at radius 1 is 1.20 bits per heavy atom. The summed E-state index contributed by atoms with van der Waals surface area (Å²) in [6, 6.07) is 0. The van der Waals surface area contributed by atoms with Crippen molar-refractivity contribution in [3.05, 3.63) is 0 Å². The normalized spacial score (nSPS) is 41.7. The molecule has 0 spiro atoms. The van der Waals surface area contributed by atoms with Gasteiger partial charge in [0.15, 0.2) is 0 Å². The van der Waals surface area contributed by atoms with E-state index in [9.17, 15) is 0 Å². The highest BCUT2D eigenvalue weighted by molar-refractivity contribution is 7.99. The van der Waals surface area contributed by atoms with E-state index in [0.717, 1.165) is 17.1 Å². The first-order valence-corrected chi connectivity index (χ1v) is 5.55. The maximum atomic E-state index is 2.40. The lowest BCUT2D eigenvalue weighted by Crippen LogP contribution is -2.23. The van der Waals surface area contributed by atoms with Crippen molar-refractivity contribution in [2.75, 3.05) is 6.26 Å². The minimum Gasteiger partial charge on any atom is -0.162 e. The van der Waals surface area contributed by atoms with Crippen molar-refractivity contribution in [3.63, 3.8) is 0 Å². The Hall–Kier alpha value is 0.350. The van der Waals surface area contributed by atoms with Crippen LogP contribution in [0.15, 0.2) is 0 Å². The van der Waals surface area contributed by atoms with Crippen LogP contribution in [-0.4, -0.2) is 11.5 Å². The van der Waals surface area contributed by atoms with Gasteiger partial charge in [0.2, 0.25) is 0 Å². The Kier molecular flexibility index (Phi) is 3.09. The predicted octanol–water partition coefficient (Wildman–Crippen LogP) is 3.17. The van der Waals surface area contributed by atoms with Gasteiger partial charge < -0.3 is 0 Å². The second-order valence-electron chi connectivity index (χ2n) is 3.67. The first kappa shape index (κ1) is 8.45. The summed E-state index contributed by atoms with van der Waals surface area (Å²) in [5, 5.41) is 0.955. The molecule has 0 aromatic rings. The zero-order valence-corrected chi connectivity index (χ0v) is 8.08. The van der Waals surface area contributed by atoms with Crippen LogP contribution in [-0.2, 0) is 0 Å². The minimum atomic E-state index is 0.955. The molecular weight excluding hydrogens is 140 g/mol. The van der Waals surface area contributed by atoms with Gasteiger partial charge >= 0.3 is 0 Å². The summed E-state index contributed by atoms with van der Waals surface area (Å²) in [5.74, 6) is 1.94. The molecule has 0 heterocycles. The van der Waals surface area contributed by atoms with Crippen LogP contribution in [0, 0.1) is 11.8 Å². The molecule has 1 aliphatic carbocycles. The molecule has 10 heavy (non-hydrogen) atoms. The van der Waals surface area contributed by atoms with Gasteiger partial charge in [-0.15, -0.1) is 0 Å². The number of rotatable bonds is 1. The van der Waals surface area contributed by atoms with Gasteiger partial charge in [-0.05, 0) is 37.4 Å². The summed E-state index contributed by atoms with van der Waals surface area (Å²) < 4.78 is 0. The van der Waals surface area contributed by atoms with E-state index in [1.54, 1.807) is 0 Å². The molecule has 0 amide bonds. The van der Waals surface area contributed by atoms with E-state index in [1.165, 1.54) is 19.3 Å². The average Bonchev–Trinajstić information content (AvgIpc) is 1.88. The second-order valence-corrected chi connectivity index (χ2v) is 4.75. The number of hydrogen-bond acceptors (Lipinski definition) is 1. The third kappa shape index (κ3) is 1.91. The van der Waals surface area contributed by atoms with Crippen molar-refractivity contribution in [3.8, 4) is 0 Å². The van der Waals surface area contributed by atoms with Crippen molar-refractivity contribution >= 4 is 11.8 Å². The van der Waals surface area contributed by atoms with Crippen LogP contribution < -0.4 is 0 Å². The number of hydrogen-bond donors (Lipinski definition) is 0. The van der Waals surface area contributed by atoms with E-state index in [-0.39, 0.29) is 0 Å². The summed E-state index contributed by atoms with van der Waals surface area (Å²) in [4.78, 5) is 0. The summed E-state index contributed by atoms with van der Waals surface area (Å²) >= 11 is 2.06. The predicted molar refractivity (Wildman–Crippen MR) is 49.5 cm³/mol. The van der Waals surface area contributed by atoms with Crippen molar-refractivity contribution in [1.29, 1.82) is 0 Å². The van der Waals surface area contributed by atoms with Crippen molar-refractivity contribution in [1.82, 2.24) is 0 Å². The van der Waals surface area contributed by atoms with Crippen LogP contribution in [0.3, 0.4) is 0 Å². The molecule has 1 fully saturated rings. The SMILES string of the molecule is CSC1CCC(C)CC1C. The van der Waals surface area contributed by atoms with E-state index < -0.39 is 0 Å². The van der Waals surface area contributed by atoms with Crippen molar-refractivity contribution < 1.29 is 0 Å². The van der Waals surface area contributed by atoms with Crippen LogP contribution in [0.5, 0.6) is 0 Å². The Morgan fingerprint density at radius 3 is 2.40 bits per heavy atom. The molecule has 1 saturated carbocycles. The highest BCUT2D eigenvalue weighted by Gasteiger charge is 2.23. The molecule has 0 nitrogen and oxygen atoms in total. The van der Waals surface area contributed by atoms with E-state index in [4.69, 9.17) is 0 Å². The minimum absolute atomic E-state index is 0.955. The van der Waals surface area contributed by atoms with Gasteiger partial charge in [-0.25, -0.2) is 0 Å². The largest absolute Gasteiger partial charge is 0.162 e. The maximum absolute atomic E-state index is 2.40. The lowest BCUT2D eigenvalue weighted by Gasteiger charge is -2.31. The van der Waals surface area contributed by atoms with Crippen LogP contribution in [0.1, 0.15) is 33.1 Å². The quantitative estimate of drug-likeness (QED) is 0.565. The molecule has 1 aliphatic rings. The molecule has 0 saturated heterocycles. The Morgan fingerprint density at radius 2 is 1.90 bits per heavy atom. The highest BCUT2D eigenvalue weighted by atomic mass is 32.2. The zero-order valence-electron chi connectivity index (χ0n) is 7.26. The third-order valence-electron chi connectivity index (χ3n) is 2.66. The fourth-order valence-electron chi connectivity index (χ4n) is 1.99. The monoisotopic (exact) mass is 158 g/mol. The van der Waals surface area contributed by atoms with Crippen LogP contribution in [0.4, 0.5) is 0 Å². The molecular formula is C9H18S. The van der Waals surface area contributed by atoms with E-state index in [0.29, 0.717) is 0 Å². The molecule has 0 bridgehead atoms. The summed E-state index contributed by atoms with van der Waals surface area (Å²) in [5.41, 5.74) is 0. The second kappa shape index (κ2) is 3.66. The first-order chi connectivity index (χ1) is 4.74. The van der Waals surface area contributed by atoms with Gasteiger partial charge in [0.25, 0.3) is 0 Å². The standard InChI is InChI=1S/C9H18S/c1-7-4-5-9(10-3)8(2)6-7/h7-9H,4-6H2,1-3H3. The van der Waals surface area contributed by atoms with Crippen molar-refractivity contribution in [2.45, 2.75) is 38.4 Å². The molecule has 1 rings (SSSR count). The molecule has 60 valence electrons. The van der Waals surface area contributed by atoms with E-state index in [2.05, 4.69) is 31.9 Å². The summed E-state index contributed by atoms with van der Waals surface area (Å²) in [7, 11) is 0. The molecule has 1 heteroatoms. The van der Waals surface area contributed by atoms with Gasteiger partial charge in [0.1, 0.15) is 0 Å². The molecule has 0 aliphatic heterocycles. The molecule has 0 N–H and O–H groups in total. The first-order valence-electron chi connectivity index (χ1n) is 4.26. The lowest BCUT2D eigenvalue weighted by atomic mass is 9.83. The van der Waals surface area contributed by atoms with Crippen molar-refractivity contribution in [2.24, 2.45) is 11.8 Å². The Balaban J connectivity index is 2.36. The molecule has 0 aromatic heterocycles. The topological polar surface area (TPSA) is 0 Å². The van der Waals surface area contributed by atoms with E-state index in [1.807, 2.05) is 0 Å². The zero-order chi connectivity index (χ0) is 7.56. The fraction of sp³-hybridized carbons (Fsp3) is 1.00. The molecule has 3 unspecified atom stereocenters. The van der Waals surface area contributed by atoms with Crippen LogP contribution in [0.25, 0.3) is 0 Å². The van der Waals surface area contributed by atoms with Gasteiger partial charge in [-0.3, -0.25) is 0 Å². The van der Waals surface area contributed by atoms with Gasteiger partial charge in [-0.2, -0.15) is 11.8 Å². The third-order valence-corrected chi connectivity index (χ3v) is 3.96. The van der Waals surface area contributed by atoms with Gasteiger partial charge in [0.05, 0.1) is 0 Å². The smallest absolute Gasteiger partial charge is 0.00701 e. The maximum Gasteiger partial charge on any atom is 0.00701 e.